The van der Waals surface area contributed by atoms with Gasteiger partial charge >= 0.3 is 0 Å². The summed E-state index contributed by atoms with van der Waals surface area (Å²) < 4.78 is 26.9. The number of nitrogens with two attached hydrogens (primary N) is 1. The SMILES string of the molecule is Cl.NCCOCCOCCOCCOCCOCC#Cc1cccc2c1CN(C1CCC(=O)NC1=O)C2=O. The maximum atomic E-state index is 12.9. The molecule has 38 heavy (non-hydrogen) atoms. The Bertz CT molecular complexity index is 981. The molecule has 3 rings (SSSR count). The van der Waals surface area contributed by atoms with Gasteiger partial charge in [0.1, 0.15) is 12.6 Å². The molecular formula is C26H36ClN3O8. The molecule has 12 heteroatoms. The van der Waals surface area contributed by atoms with Crippen LogP contribution in [0.15, 0.2) is 18.2 Å². The molecule has 0 bridgehead atoms. The molecule has 0 aliphatic carbocycles. The number of piperidine rings is 1. The lowest BCUT2D eigenvalue weighted by Gasteiger charge is -2.29. The van der Waals surface area contributed by atoms with E-state index in [9.17, 15) is 14.4 Å². The molecule has 210 valence electrons. The van der Waals surface area contributed by atoms with Gasteiger partial charge in [-0.05, 0) is 24.1 Å². The zero-order valence-corrected chi connectivity index (χ0v) is 22.2. The molecule has 1 aromatic rings. The first kappa shape index (κ1) is 31.7. The number of nitrogens with zero attached hydrogens (tertiary/aromatic N) is 1. The van der Waals surface area contributed by atoms with E-state index in [2.05, 4.69) is 17.2 Å². The third-order valence-corrected chi connectivity index (χ3v) is 5.73. The molecule has 0 spiro atoms. The summed E-state index contributed by atoms with van der Waals surface area (Å²) in [5.41, 5.74) is 7.38. The fraction of sp³-hybridized carbons (Fsp3) is 0.577. The van der Waals surface area contributed by atoms with Crippen molar-refractivity contribution in [3.8, 4) is 11.8 Å². The molecule has 1 unspecified atom stereocenters. The summed E-state index contributed by atoms with van der Waals surface area (Å²) in [5.74, 6) is 5.08. The summed E-state index contributed by atoms with van der Waals surface area (Å²) in [6.07, 6.45) is 0.548. The van der Waals surface area contributed by atoms with Crippen LogP contribution in [0.3, 0.4) is 0 Å². The number of ether oxygens (including phenoxy) is 5. The standard InChI is InChI=1S/C26H35N3O8.ClH/c27-8-10-34-12-14-36-16-18-37-17-15-35-13-11-33-9-2-4-20-3-1-5-21-22(20)19-29(26(21)32)23-6-7-24(30)28-25(23)31;/h1,3,5,23H,6-19,27H2,(H,28,30,31);1H. The fourth-order valence-electron chi connectivity index (χ4n) is 3.92. The Kier molecular flexibility index (Phi) is 14.9. The topological polar surface area (TPSA) is 139 Å². The minimum Gasteiger partial charge on any atom is -0.378 e. The number of benzene rings is 1. The van der Waals surface area contributed by atoms with Gasteiger partial charge < -0.3 is 34.3 Å². The second-order valence-electron chi connectivity index (χ2n) is 8.32. The van der Waals surface area contributed by atoms with Gasteiger partial charge in [-0.15, -0.1) is 12.4 Å². The average molecular weight is 554 g/mol. The molecule has 1 aromatic carbocycles. The van der Waals surface area contributed by atoms with Crippen molar-refractivity contribution in [3.05, 3.63) is 34.9 Å². The zero-order valence-electron chi connectivity index (χ0n) is 21.4. The van der Waals surface area contributed by atoms with Crippen LogP contribution in [0, 0.1) is 11.8 Å². The van der Waals surface area contributed by atoms with Crippen LogP contribution in [0.1, 0.15) is 34.3 Å². The largest absolute Gasteiger partial charge is 0.378 e. The summed E-state index contributed by atoms with van der Waals surface area (Å²) in [5, 5.41) is 2.31. The lowest BCUT2D eigenvalue weighted by Crippen LogP contribution is -2.52. The Labute approximate surface area is 229 Å². The summed E-state index contributed by atoms with van der Waals surface area (Å²) in [6.45, 7) is 5.36. The van der Waals surface area contributed by atoms with E-state index in [0.29, 0.717) is 78.0 Å². The smallest absolute Gasteiger partial charge is 0.255 e. The predicted octanol–water partition coefficient (Wildman–Crippen LogP) is 0.263. The lowest BCUT2D eigenvalue weighted by atomic mass is 10.0. The number of imide groups is 1. The van der Waals surface area contributed by atoms with Gasteiger partial charge in [-0.2, -0.15) is 0 Å². The van der Waals surface area contributed by atoms with Crippen LogP contribution in [0.2, 0.25) is 0 Å². The predicted molar refractivity (Wildman–Crippen MR) is 140 cm³/mol. The van der Waals surface area contributed by atoms with E-state index in [4.69, 9.17) is 29.4 Å². The second kappa shape index (κ2) is 17.9. The Hall–Kier alpha value is -2.56. The van der Waals surface area contributed by atoms with Crippen molar-refractivity contribution in [2.24, 2.45) is 5.73 Å². The highest BCUT2D eigenvalue weighted by atomic mass is 35.5. The highest BCUT2D eigenvalue weighted by Crippen LogP contribution is 2.29. The molecule has 2 aliphatic rings. The van der Waals surface area contributed by atoms with Crippen molar-refractivity contribution in [3.63, 3.8) is 0 Å². The first-order chi connectivity index (χ1) is 18.1. The van der Waals surface area contributed by atoms with E-state index in [1.165, 1.54) is 4.90 Å². The number of halogens is 1. The van der Waals surface area contributed by atoms with E-state index in [-0.39, 0.29) is 43.8 Å². The summed E-state index contributed by atoms with van der Waals surface area (Å²) in [6, 6.07) is 4.71. The van der Waals surface area contributed by atoms with Crippen molar-refractivity contribution in [1.82, 2.24) is 10.2 Å². The molecule has 0 aromatic heterocycles. The second-order valence-corrected chi connectivity index (χ2v) is 8.32. The van der Waals surface area contributed by atoms with Gasteiger partial charge in [0.05, 0.1) is 59.5 Å². The Balaban J connectivity index is 0.00000507. The highest BCUT2D eigenvalue weighted by molar-refractivity contribution is 6.05. The van der Waals surface area contributed by atoms with Crippen molar-refractivity contribution in [1.29, 1.82) is 0 Å². The van der Waals surface area contributed by atoms with Crippen molar-refractivity contribution >= 4 is 30.1 Å². The lowest BCUT2D eigenvalue weighted by molar-refractivity contribution is -0.136. The number of hydrogen-bond donors (Lipinski definition) is 2. The van der Waals surface area contributed by atoms with Gasteiger partial charge in [0.25, 0.3) is 5.91 Å². The molecule has 11 nitrogen and oxygen atoms in total. The van der Waals surface area contributed by atoms with Gasteiger partial charge in [-0.1, -0.05) is 17.9 Å². The Morgan fingerprint density at radius 2 is 1.50 bits per heavy atom. The maximum Gasteiger partial charge on any atom is 0.255 e. The molecule has 1 fully saturated rings. The van der Waals surface area contributed by atoms with Gasteiger partial charge in [0, 0.05) is 30.6 Å². The molecule has 1 saturated heterocycles. The molecular weight excluding hydrogens is 518 g/mol. The van der Waals surface area contributed by atoms with Crippen molar-refractivity contribution < 1.29 is 38.1 Å². The number of amides is 3. The van der Waals surface area contributed by atoms with Crippen LogP contribution in [-0.2, 0) is 39.8 Å². The van der Waals surface area contributed by atoms with Crippen molar-refractivity contribution in [2.45, 2.75) is 25.4 Å². The average Bonchev–Trinajstić information content (AvgIpc) is 3.22. The van der Waals surface area contributed by atoms with Crippen molar-refractivity contribution in [2.75, 3.05) is 72.6 Å². The number of nitrogens with one attached hydrogen (secondary N) is 1. The third-order valence-electron chi connectivity index (χ3n) is 5.73. The number of fused-ring (bicyclic) bond motifs is 1. The molecule has 0 radical (unpaired) electrons. The zero-order chi connectivity index (χ0) is 26.3. The number of carbonyl (C=O) groups excluding carboxylic acids is 3. The minimum atomic E-state index is -0.646. The molecule has 1 atom stereocenters. The monoisotopic (exact) mass is 553 g/mol. The van der Waals surface area contributed by atoms with Crippen LogP contribution < -0.4 is 11.1 Å². The van der Waals surface area contributed by atoms with Crippen LogP contribution in [0.4, 0.5) is 0 Å². The number of carbonyl (C=O) groups is 3. The van der Waals surface area contributed by atoms with Gasteiger partial charge in [0.15, 0.2) is 0 Å². The van der Waals surface area contributed by atoms with E-state index in [1.54, 1.807) is 12.1 Å². The number of hydrogen-bond acceptors (Lipinski definition) is 9. The van der Waals surface area contributed by atoms with Crippen LogP contribution in [-0.4, -0.2) is 101 Å². The molecule has 2 aliphatic heterocycles. The summed E-state index contributed by atoms with van der Waals surface area (Å²) in [7, 11) is 0. The molecule has 0 saturated carbocycles. The van der Waals surface area contributed by atoms with Gasteiger partial charge in [-0.25, -0.2) is 0 Å². The van der Waals surface area contributed by atoms with E-state index >= 15 is 0 Å². The van der Waals surface area contributed by atoms with E-state index in [0.717, 1.165) is 11.1 Å². The summed E-state index contributed by atoms with van der Waals surface area (Å²) >= 11 is 0. The van der Waals surface area contributed by atoms with E-state index in [1.807, 2.05) is 6.07 Å². The van der Waals surface area contributed by atoms with Gasteiger partial charge in [-0.3, -0.25) is 19.7 Å². The van der Waals surface area contributed by atoms with Crippen LogP contribution >= 0.6 is 12.4 Å². The van der Waals surface area contributed by atoms with Gasteiger partial charge in [0.2, 0.25) is 11.8 Å². The Morgan fingerprint density at radius 3 is 2.11 bits per heavy atom. The highest BCUT2D eigenvalue weighted by Gasteiger charge is 2.39. The fourth-order valence-corrected chi connectivity index (χ4v) is 3.92. The quantitative estimate of drug-likeness (QED) is 0.168. The first-order valence-electron chi connectivity index (χ1n) is 12.5. The van der Waals surface area contributed by atoms with E-state index < -0.39 is 11.9 Å². The summed E-state index contributed by atoms with van der Waals surface area (Å²) in [4.78, 5) is 38.0. The molecule has 3 N–H and O–H groups in total. The van der Waals surface area contributed by atoms with Crippen LogP contribution in [0.5, 0.6) is 0 Å². The Morgan fingerprint density at radius 1 is 0.895 bits per heavy atom. The normalized spacial score (nSPS) is 16.5. The van der Waals surface area contributed by atoms with Crippen LogP contribution in [0.25, 0.3) is 0 Å². The third kappa shape index (κ3) is 9.96. The molecule has 2 heterocycles. The molecule has 3 amide bonds. The minimum absolute atomic E-state index is 0. The maximum absolute atomic E-state index is 12.9. The number of rotatable bonds is 16. The first-order valence-corrected chi connectivity index (χ1v) is 12.5.